The van der Waals surface area contributed by atoms with Crippen LogP contribution in [0.3, 0.4) is 0 Å². The van der Waals surface area contributed by atoms with E-state index in [-0.39, 0.29) is 11.6 Å². The van der Waals surface area contributed by atoms with E-state index in [0.29, 0.717) is 25.2 Å². The van der Waals surface area contributed by atoms with Gasteiger partial charge in [-0.15, -0.1) is 0 Å². The van der Waals surface area contributed by atoms with Gasteiger partial charge in [-0.05, 0) is 69.7 Å². The number of ether oxygens (including phenoxy) is 2. The summed E-state index contributed by atoms with van der Waals surface area (Å²) in [6.45, 7) is 15.7. The van der Waals surface area contributed by atoms with Crippen LogP contribution >= 0.6 is 0 Å². The average Bonchev–Trinajstić information content (AvgIpc) is 3.11. The molecule has 3 aliphatic heterocycles. The van der Waals surface area contributed by atoms with Gasteiger partial charge in [-0.1, -0.05) is 19.1 Å². The van der Waals surface area contributed by atoms with Crippen molar-refractivity contribution >= 4 is 6.03 Å². The molecule has 0 aromatic heterocycles. The molecule has 0 N–H and O–H groups in total. The van der Waals surface area contributed by atoms with Crippen molar-refractivity contribution < 1.29 is 14.3 Å². The molecule has 2 fully saturated rings. The number of likely N-dealkylation sites (N-methyl/N-ethyl adjacent to an activating group) is 1. The molecule has 32 heavy (non-hydrogen) atoms. The smallest absolute Gasteiger partial charge is 0.320 e. The molecular weight excluding hydrogens is 402 g/mol. The maximum atomic E-state index is 12.7. The molecule has 0 unspecified atom stereocenters. The summed E-state index contributed by atoms with van der Waals surface area (Å²) < 4.78 is 11.4. The molecule has 1 aromatic rings. The van der Waals surface area contributed by atoms with Gasteiger partial charge in [0.25, 0.3) is 0 Å². The van der Waals surface area contributed by atoms with Crippen LogP contribution in [0.15, 0.2) is 18.2 Å². The first-order chi connectivity index (χ1) is 15.3. The summed E-state index contributed by atoms with van der Waals surface area (Å²) in [5.41, 5.74) is 2.67. The van der Waals surface area contributed by atoms with Crippen LogP contribution in [0.25, 0.3) is 0 Å². The van der Waals surface area contributed by atoms with Gasteiger partial charge in [0.05, 0.1) is 13.2 Å². The van der Waals surface area contributed by atoms with Gasteiger partial charge in [-0.25, -0.2) is 4.79 Å². The van der Waals surface area contributed by atoms with Gasteiger partial charge < -0.3 is 24.2 Å². The lowest BCUT2D eigenvalue weighted by Gasteiger charge is -2.39. The zero-order valence-corrected chi connectivity index (χ0v) is 20.4. The highest BCUT2D eigenvalue weighted by atomic mass is 16.5. The molecule has 2 amide bonds. The molecule has 0 spiro atoms. The number of piperidine rings is 1. The molecular formula is C26H41N3O3. The van der Waals surface area contributed by atoms with Gasteiger partial charge in [-0.2, -0.15) is 0 Å². The fourth-order valence-electron chi connectivity index (χ4n) is 5.47. The molecule has 0 radical (unpaired) electrons. The number of amides is 2. The number of urea groups is 1. The van der Waals surface area contributed by atoms with E-state index >= 15 is 0 Å². The predicted octanol–water partition coefficient (Wildman–Crippen LogP) is 3.82. The summed E-state index contributed by atoms with van der Waals surface area (Å²) in [6, 6.07) is 7.45. The number of hydrogen-bond donors (Lipinski definition) is 0. The number of likely N-dealkylation sites (tertiary alicyclic amines) is 1. The number of rotatable bonds is 6. The first kappa shape index (κ1) is 23.4. The van der Waals surface area contributed by atoms with Gasteiger partial charge in [-0.3, -0.25) is 0 Å². The van der Waals surface area contributed by atoms with Crippen LogP contribution in [0.4, 0.5) is 4.79 Å². The van der Waals surface area contributed by atoms with Crippen molar-refractivity contribution in [1.29, 1.82) is 0 Å². The van der Waals surface area contributed by atoms with E-state index in [1.807, 2.05) is 4.90 Å². The molecule has 1 aromatic carbocycles. The van der Waals surface area contributed by atoms with Crippen LogP contribution in [0, 0.1) is 5.92 Å². The Labute approximate surface area is 193 Å². The zero-order chi connectivity index (χ0) is 22.7. The molecule has 4 rings (SSSR count). The highest BCUT2D eigenvalue weighted by molar-refractivity contribution is 5.74. The minimum absolute atomic E-state index is 0.0833. The van der Waals surface area contributed by atoms with Crippen LogP contribution in [0.2, 0.25) is 0 Å². The first-order valence-electron chi connectivity index (χ1n) is 12.5. The quantitative estimate of drug-likeness (QED) is 0.671. The van der Waals surface area contributed by atoms with Crippen molar-refractivity contribution in [1.82, 2.24) is 14.7 Å². The Balaban J connectivity index is 1.26. The minimum Gasteiger partial charge on any atom is -0.487 e. The number of nitrogens with zero attached hydrogens (tertiary/aromatic N) is 3. The van der Waals surface area contributed by atoms with Crippen LogP contribution in [-0.2, 0) is 17.6 Å². The molecule has 3 aliphatic rings. The third-order valence-corrected chi connectivity index (χ3v) is 7.35. The molecule has 1 atom stereocenters. The Hall–Kier alpha value is -1.79. The number of carbonyl (C=O) groups excluding carboxylic acids is 1. The second-order valence-corrected chi connectivity index (χ2v) is 10.4. The fourth-order valence-corrected chi connectivity index (χ4v) is 5.47. The highest BCUT2D eigenvalue weighted by Gasteiger charge is 2.31. The molecule has 6 heteroatoms. The van der Waals surface area contributed by atoms with E-state index in [9.17, 15) is 4.79 Å². The number of carbonyl (C=O) groups is 1. The van der Waals surface area contributed by atoms with Crippen molar-refractivity contribution in [2.45, 2.75) is 65.0 Å². The van der Waals surface area contributed by atoms with Crippen molar-refractivity contribution in [3.8, 4) is 5.75 Å². The van der Waals surface area contributed by atoms with E-state index in [1.165, 1.54) is 11.1 Å². The van der Waals surface area contributed by atoms with Crippen molar-refractivity contribution in [3.05, 3.63) is 29.3 Å². The van der Waals surface area contributed by atoms with Crippen LogP contribution in [0.5, 0.6) is 5.75 Å². The maximum absolute atomic E-state index is 12.7. The average molecular weight is 444 g/mol. The minimum atomic E-state index is -0.0833. The monoisotopic (exact) mass is 443 g/mol. The number of fused-ring (bicyclic) bond motifs is 1. The Morgan fingerprint density at radius 3 is 2.53 bits per heavy atom. The molecule has 0 aliphatic carbocycles. The van der Waals surface area contributed by atoms with Crippen LogP contribution in [0.1, 0.15) is 51.7 Å². The Morgan fingerprint density at radius 2 is 1.84 bits per heavy atom. The van der Waals surface area contributed by atoms with E-state index in [1.54, 1.807) is 0 Å². The second-order valence-electron chi connectivity index (χ2n) is 10.4. The maximum Gasteiger partial charge on any atom is 0.320 e. The summed E-state index contributed by atoms with van der Waals surface area (Å²) in [5.74, 6) is 1.72. The lowest BCUT2D eigenvalue weighted by Crippen LogP contribution is -2.51. The molecule has 3 heterocycles. The van der Waals surface area contributed by atoms with Gasteiger partial charge in [0.2, 0.25) is 0 Å². The molecule has 0 bridgehead atoms. The Morgan fingerprint density at radius 1 is 1.16 bits per heavy atom. The second kappa shape index (κ2) is 10.0. The lowest BCUT2D eigenvalue weighted by atomic mass is 9.94. The summed E-state index contributed by atoms with van der Waals surface area (Å²) in [7, 11) is 0. The topological polar surface area (TPSA) is 45.2 Å². The van der Waals surface area contributed by atoms with E-state index in [2.05, 4.69) is 55.7 Å². The molecule has 2 saturated heterocycles. The largest absolute Gasteiger partial charge is 0.487 e. The van der Waals surface area contributed by atoms with E-state index < -0.39 is 0 Å². The number of hydrogen-bond acceptors (Lipinski definition) is 4. The van der Waals surface area contributed by atoms with E-state index in [4.69, 9.17) is 9.47 Å². The number of morpholine rings is 1. The van der Waals surface area contributed by atoms with Gasteiger partial charge >= 0.3 is 6.03 Å². The SMILES string of the molecule is CCN(CC1CCN(C(=O)N2CCOCC2)CC1)[C@@H](C)Cc1ccc2c(c1)CC(C)(C)O2. The van der Waals surface area contributed by atoms with Gasteiger partial charge in [0.15, 0.2) is 0 Å². The molecule has 178 valence electrons. The van der Waals surface area contributed by atoms with Crippen molar-refractivity contribution in [2.75, 3.05) is 52.5 Å². The highest BCUT2D eigenvalue weighted by Crippen LogP contribution is 2.35. The Bertz CT molecular complexity index is 783. The van der Waals surface area contributed by atoms with Crippen LogP contribution < -0.4 is 4.74 Å². The normalized spacial score (nSPS) is 22.0. The molecule has 6 nitrogen and oxygen atoms in total. The standard InChI is InChI=1S/C26H41N3O3/c1-5-27(20(2)16-22-6-7-24-23(17-22)18-26(3,4)32-24)19-21-8-10-28(11-9-21)25(30)29-12-14-31-15-13-29/h6-7,17,20-21H,5,8-16,18-19H2,1-4H3/t20-/m0/s1. The van der Waals surface area contributed by atoms with E-state index in [0.717, 1.165) is 70.7 Å². The predicted molar refractivity (Wildman–Crippen MR) is 127 cm³/mol. The van der Waals surface area contributed by atoms with Crippen molar-refractivity contribution in [3.63, 3.8) is 0 Å². The van der Waals surface area contributed by atoms with Crippen molar-refractivity contribution in [2.24, 2.45) is 5.92 Å². The summed E-state index contributed by atoms with van der Waals surface area (Å²) >= 11 is 0. The lowest BCUT2D eigenvalue weighted by molar-refractivity contribution is 0.0387. The van der Waals surface area contributed by atoms with Crippen LogP contribution in [-0.4, -0.2) is 84.9 Å². The van der Waals surface area contributed by atoms with Gasteiger partial charge in [0.1, 0.15) is 11.4 Å². The summed E-state index contributed by atoms with van der Waals surface area (Å²) in [4.78, 5) is 19.4. The fraction of sp³-hybridized carbons (Fsp3) is 0.731. The summed E-state index contributed by atoms with van der Waals surface area (Å²) in [6.07, 6.45) is 4.26. The number of benzene rings is 1. The third kappa shape index (κ3) is 5.57. The van der Waals surface area contributed by atoms with Gasteiger partial charge in [0, 0.05) is 45.2 Å². The molecule has 0 saturated carbocycles. The third-order valence-electron chi connectivity index (χ3n) is 7.35. The summed E-state index contributed by atoms with van der Waals surface area (Å²) in [5, 5.41) is 0. The first-order valence-corrected chi connectivity index (χ1v) is 12.5. The Kier molecular flexibility index (Phi) is 7.30. The zero-order valence-electron chi connectivity index (χ0n) is 20.4.